The largest absolute Gasteiger partial charge is 1.00 e. The predicted octanol–water partition coefficient (Wildman–Crippen LogP) is -3.06. The van der Waals surface area contributed by atoms with E-state index in [1.54, 1.807) is 0 Å². The molecule has 0 heterocycles. The summed E-state index contributed by atoms with van der Waals surface area (Å²) in [6.45, 7) is 0.254. The van der Waals surface area contributed by atoms with E-state index >= 15 is 0 Å². The number of thiol groups is 1. The van der Waals surface area contributed by atoms with Gasteiger partial charge < -0.3 is 14.2 Å². The van der Waals surface area contributed by atoms with Gasteiger partial charge in [-0.05, 0) is 6.42 Å². The summed E-state index contributed by atoms with van der Waals surface area (Å²) in [5.41, 5.74) is 0. The van der Waals surface area contributed by atoms with Crippen molar-refractivity contribution in [3.8, 4) is 0 Å². The molecule has 4 nitrogen and oxygen atoms in total. The molecule has 0 aliphatic carbocycles. The number of hydrogen-bond acceptors (Lipinski definition) is 5. The Morgan fingerprint density at radius 2 is 2.18 bits per heavy atom. The van der Waals surface area contributed by atoms with Gasteiger partial charge in [0.05, 0.1) is 18.0 Å². The van der Waals surface area contributed by atoms with Gasteiger partial charge in [-0.25, -0.2) is 4.21 Å². The molecule has 1 atom stereocenters. The van der Waals surface area contributed by atoms with E-state index in [9.17, 15) is 8.76 Å². The van der Waals surface area contributed by atoms with Crippen LogP contribution in [0.1, 0.15) is 6.42 Å². The Morgan fingerprint density at radius 1 is 1.64 bits per heavy atom. The molecular weight excluding hydrogens is 219 g/mol. The van der Waals surface area contributed by atoms with E-state index in [-0.39, 0.29) is 41.6 Å². The van der Waals surface area contributed by atoms with Crippen molar-refractivity contribution in [2.75, 3.05) is 12.4 Å². The first-order chi connectivity index (χ1) is 4.27. The molecule has 2 N–H and O–H groups in total. The van der Waals surface area contributed by atoms with E-state index in [0.29, 0.717) is 6.42 Å². The molecule has 0 bridgehead atoms. The Kier molecular flexibility index (Phi) is 24.0. The van der Waals surface area contributed by atoms with E-state index in [2.05, 4.69) is 15.8 Å². The van der Waals surface area contributed by atoms with Crippen LogP contribution in [0, 0.1) is 0 Å². The smallest absolute Gasteiger partial charge is 0.750 e. The zero-order valence-electron chi connectivity index (χ0n) is 6.11. The monoisotopic (exact) mass is 228 g/mol. The molecule has 0 aliphatic heterocycles. The zero-order valence-corrected chi connectivity index (χ0v) is 10.6. The summed E-state index contributed by atoms with van der Waals surface area (Å²) in [6.07, 6.45) is 0.710. The van der Waals surface area contributed by atoms with Gasteiger partial charge in [0.1, 0.15) is 0 Å². The minimum absolute atomic E-state index is 0. The fraction of sp³-hybridized carbons (Fsp3) is 1.00. The number of hydrogen-bond donors (Lipinski definition) is 1. The molecule has 64 valence electrons. The molecule has 0 spiro atoms. The molecule has 0 rings (SSSR count). The van der Waals surface area contributed by atoms with Crippen molar-refractivity contribution in [2.24, 2.45) is 0 Å². The minimum Gasteiger partial charge on any atom is -0.750 e. The van der Waals surface area contributed by atoms with Crippen molar-refractivity contribution < 1.29 is 48.0 Å². The van der Waals surface area contributed by atoms with Crippen LogP contribution in [-0.4, -0.2) is 26.6 Å². The van der Waals surface area contributed by atoms with Crippen molar-refractivity contribution in [3.05, 3.63) is 0 Å². The Labute approximate surface area is 99.7 Å². The summed E-state index contributed by atoms with van der Waals surface area (Å²) in [5, 5.41) is 0. The van der Waals surface area contributed by atoms with Crippen molar-refractivity contribution in [3.63, 3.8) is 0 Å². The molecule has 0 amide bonds. The average Bonchev–Trinajstić information content (AvgIpc) is 1.80. The molecule has 0 aliphatic rings. The van der Waals surface area contributed by atoms with Crippen LogP contribution in [0.2, 0.25) is 0 Å². The standard InChI is InChI=1S/C3H8O3S3.Na.H2O/c4-9(5)6-2-1-3-8-7;;/h7H,1-3H2,(H,4,5);;1H2/q;+1;/p-1. The maximum Gasteiger partial charge on any atom is 1.00 e. The Morgan fingerprint density at radius 3 is 2.55 bits per heavy atom. The van der Waals surface area contributed by atoms with Crippen molar-refractivity contribution in [2.45, 2.75) is 6.42 Å². The predicted molar refractivity (Wildman–Crippen MR) is 44.5 cm³/mol. The first-order valence-electron chi connectivity index (χ1n) is 2.26. The van der Waals surface area contributed by atoms with Crippen LogP contribution in [-0.2, 0) is 15.5 Å². The van der Waals surface area contributed by atoms with E-state index < -0.39 is 11.4 Å². The second-order valence-electron chi connectivity index (χ2n) is 1.21. The third-order valence-electron chi connectivity index (χ3n) is 0.560. The fourth-order valence-electron chi connectivity index (χ4n) is 0.250. The molecule has 1 unspecified atom stereocenters. The normalized spacial score (nSPS) is 11.1. The van der Waals surface area contributed by atoms with Crippen LogP contribution in [0.4, 0.5) is 0 Å². The molecule has 0 aromatic carbocycles. The van der Waals surface area contributed by atoms with Crippen LogP contribution < -0.4 is 29.6 Å². The second-order valence-corrected chi connectivity index (χ2v) is 3.30. The quantitative estimate of drug-likeness (QED) is 0.178. The van der Waals surface area contributed by atoms with Gasteiger partial charge in [-0.2, -0.15) is 0 Å². The van der Waals surface area contributed by atoms with E-state index in [4.69, 9.17) is 0 Å². The average molecular weight is 228 g/mol. The van der Waals surface area contributed by atoms with Crippen LogP contribution in [0.25, 0.3) is 0 Å². The van der Waals surface area contributed by atoms with Crippen molar-refractivity contribution in [1.29, 1.82) is 0 Å². The van der Waals surface area contributed by atoms with Crippen molar-refractivity contribution in [1.82, 2.24) is 0 Å². The van der Waals surface area contributed by atoms with Crippen LogP contribution in [0.15, 0.2) is 0 Å². The molecule has 0 saturated heterocycles. The summed E-state index contributed by atoms with van der Waals surface area (Å²) in [6, 6.07) is 0. The van der Waals surface area contributed by atoms with Gasteiger partial charge in [0, 0.05) is 5.75 Å². The van der Waals surface area contributed by atoms with Gasteiger partial charge in [0.15, 0.2) is 0 Å². The first-order valence-corrected chi connectivity index (χ1v) is 5.30. The topological polar surface area (TPSA) is 80.9 Å². The summed E-state index contributed by atoms with van der Waals surface area (Å²) in [7, 11) is 1.37. The van der Waals surface area contributed by atoms with Gasteiger partial charge >= 0.3 is 29.6 Å². The molecule has 0 aromatic heterocycles. The minimum atomic E-state index is -2.35. The molecule has 0 fully saturated rings. The van der Waals surface area contributed by atoms with E-state index in [1.165, 1.54) is 10.8 Å². The number of rotatable bonds is 5. The van der Waals surface area contributed by atoms with Gasteiger partial charge in [-0.15, -0.1) is 11.7 Å². The van der Waals surface area contributed by atoms with Crippen molar-refractivity contribution >= 4 is 33.8 Å². The van der Waals surface area contributed by atoms with Gasteiger partial charge in [0.25, 0.3) is 0 Å². The second kappa shape index (κ2) is 14.3. The third-order valence-corrected chi connectivity index (χ3v) is 1.94. The van der Waals surface area contributed by atoms with Gasteiger partial charge in [-0.1, -0.05) is 10.8 Å². The van der Waals surface area contributed by atoms with Gasteiger partial charge in [0.2, 0.25) is 0 Å². The van der Waals surface area contributed by atoms with Gasteiger partial charge in [-0.3, -0.25) is 0 Å². The molecular formula is C3H9NaO4S3. The Balaban J connectivity index is -0.000000320. The molecule has 11 heavy (non-hydrogen) atoms. The summed E-state index contributed by atoms with van der Waals surface area (Å²) >= 11 is 1.50. The van der Waals surface area contributed by atoms with E-state index in [0.717, 1.165) is 5.75 Å². The molecule has 0 radical (unpaired) electrons. The molecule has 0 saturated carbocycles. The molecule has 8 heteroatoms. The van der Waals surface area contributed by atoms with Crippen LogP contribution >= 0.6 is 22.5 Å². The zero-order chi connectivity index (χ0) is 7.11. The Bertz CT molecular complexity index is 92.7. The van der Waals surface area contributed by atoms with Crippen LogP contribution in [0.5, 0.6) is 0 Å². The fourth-order valence-corrected chi connectivity index (χ4v) is 1.14. The third kappa shape index (κ3) is 18.6. The SMILES string of the molecule is O.O=S([O-])OCCCSS.[Na+]. The van der Waals surface area contributed by atoms with Crippen LogP contribution in [0.3, 0.4) is 0 Å². The molecule has 0 aromatic rings. The maximum absolute atomic E-state index is 9.71. The summed E-state index contributed by atoms with van der Waals surface area (Å²) in [5.74, 6) is 0.806. The summed E-state index contributed by atoms with van der Waals surface area (Å²) < 4.78 is 23.6. The summed E-state index contributed by atoms with van der Waals surface area (Å²) in [4.78, 5) is 0. The maximum atomic E-state index is 9.71. The Hall–Kier alpha value is 1.73. The van der Waals surface area contributed by atoms with E-state index in [1.807, 2.05) is 0 Å². The first kappa shape index (κ1) is 18.5.